The van der Waals surface area contributed by atoms with Crippen molar-refractivity contribution in [2.45, 2.75) is 44.1 Å². The summed E-state index contributed by atoms with van der Waals surface area (Å²) in [6.45, 7) is 0.557. The highest BCUT2D eigenvalue weighted by atomic mass is 19.4. The molecule has 2 unspecified atom stereocenters. The first-order chi connectivity index (χ1) is 9.29. The van der Waals surface area contributed by atoms with E-state index < -0.39 is 30.6 Å². The lowest BCUT2D eigenvalue weighted by atomic mass is 9.98. The molecule has 1 aliphatic carbocycles. The molecule has 20 heavy (non-hydrogen) atoms. The van der Waals surface area contributed by atoms with E-state index in [0.717, 1.165) is 0 Å². The van der Waals surface area contributed by atoms with Crippen molar-refractivity contribution < 1.29 is 17.6 Å². The maximum Gasteiger partial charge on any atom is 0.401 e. The molecule has 1 aromatic rings. The lowest BCUT2D eigenvalue weighted by molar-refractivity contribution is -0.153. The van der Waals surface area contributed by atoms with Crippen molar-refractivity contribution in [3.8, 4) is 0 Å². The molecular formula is C14H18F4N2. The number of hydrogen-bond acceptors (Lipinski definition) is 2. The molecule has 0 amide bonds. The monoisotopic (exact) mass is 290 g/mol. The molecule has 2 N–H and O–H groups in total. The number of hydrogen-bond donors (Lipinski definition) is 1. The Morgan fingerprint density at radius 3 is 2.35 bits per heavy atom. The van der Waals surface area contributed by atoms with E-state index in [-0.39, 0.29) is 11.6 Å². The predicted molar refractivity (Wildman–Crippen MR) is 68.6 cm³/mol. The average Bonchev–Trinajstić information content (AvgIpc) is 3.12. The van der Waals surface area contributed by atoms with Crippen molar-refractivity contribution in [1.82, 2.24) is 4.90 Å². The Kier molecular flexibility index (Phi) is 4.34. The molecule has 0 heterocycles. The maximum atomic E-state index is 13.9. The Balaban J connectivity index is 2.32. The van der Waals surface area contributed by atoms with Gasteiger partial charge in [-0.3, -0.25) is 4.90 Å². The summed E-state index contributed by atoms with van der Waals surface area (Å²) in [7, 11) is 0. The van der Waals surface area contributed by atoms with Crippen LogP contribution in [0.3, 0.4) is 0 Å². The highest BCUT2D eigenvalue weighted by Crippen LogP contribution is 2.38. The number of nitrogens with two attached hydrogens (primary N) is 1. The van der Waals surface area contributed by atoms with Crippen LogP contribution in [0.4, 0.5) is 17.6 Å². The van der Waals surface area contributed by atoms with Gasteiger partial charge in [-0.05, 0) is 25.8 Å². The van der Waals surface area contributed by atoms with Crippen LogP contribution in [0.15, 0.2) is 24.3 Å². The summed E-state index contributed by atoms with van der Waals surface area (Å²) in [5, 5.41) is 0. The summed E-state index contributed by atoms with van der Waals surface area (Å²) in [6.07, 6.45) is -2.91. The van der Waals surface area contributed by atoms with Crippen LogP contribution in [-0.4, -0.2) is 29.7 Å². The van der Waals surface area contributed by atoms with Gasteiger partial charge >= 0.3 is 6.18 Å². The highest BCUT2D eigenvalue weighted by molar-refractivity contribution is 5.23. The Bertz CT molecular complexity index is 455. The van der Waals surface area contributed by atoms with Gasteiger partial charge in [0.25, 0.3) is 0 Å². The Morgan fingerprint density at radius 2 is 1.90 bits per heavy atom. The number of rotatable bonds is 5. The van der Waals surface area contributed by atoms with Gasteiger partial charge in [-0.1, -0.05) is 18.2 Å². The molecule has 6 heteroatoms. The van der Waals surface area contributed by atoms with E-state index in [1.165, 1.54) is 23.1 Å². The van der Waals surface area contributed by atoms with Crippen molar-refractivity contribution in [3.63, 3.8) is 0 Å². The molecule has 2 atom stereocenters. The minimum Gasteiger partial charge on any atom is -0.326 e. The van der Waals surface area contributed by atoms with Gasteiger partial charge in [-0.25, -0.2) is 4.39 Å². The van der Waals surface area contributed by atoms with Crippen molar-refractivity contribution in [3.05, 3.63) is 35.6 Å². The van der Waals surface area contributed by atoms with E-state index in [9.17, 15) is 17.6 Å². The molecule has 0 spiro atoms. The van der Waals surface area contributed by atoms with E-state index in [0.29, 0.717) is 12.8 Å². The molecule has 0 bridgehead atoms. The largest absolute Gasteiger partial charge is 0.401 e. The second kappa shape index (κ2) is 5.69. The summed E-state index contributed by atoms with van der Waals surface area (Å²) in [4.78, 5) is 1.29. The van der Waals surface area contributed by atoms with Gasteiger partial charge in [0.15, 0.2) is 0 Å². The van der Waals surface area contributed by atoms with Crippen molar-refractivity contribution in [2.75, 3.05) is 6.54 Å². The zero-order valence-electron chi connectivity index (χ0n) is 11.2. The first kappa shape index (κ1) is 15.3. The number of halogens is 4. The predicted octanol–water partition coefficient (Wildman–Crippen LogP) is 3.24. The second-order valence-corrected chi connectivity index (χ2v) is 5.34. The second-order valence-electron chi connectivity index (χ2n) is 5.34. The zero-order valence-corrected chi connectivity index (χ0v) is 11.2. The summed E-state index contributed by atoms with van der Waals surface area (Å²) >= 11 is 0. The lowest BCUT2D eigenvalue weighted by Crippen LogP contribution is -2.45. The van der Waals surface area contributed by atoms with Crippen LogP contribution in [0.2, 0.25) is 0 Å². The molecule has 1 fully saturated rings. The first-order valence-corrected chi connectivity index (χ1v) is 6.62. The van der Waals surface area contributed by atoms with Gasteiger partial charge in [0.2, 0.25) is 0 Å². The molecular weight excluding hydrogens is 272 g/mol. The topological polar surface area (TPSA) is 29.3 Å². The van der Waals surface area contributed by atoms with Crippen LogP contribution < -0.4 is 5.73 Å². The smallest absolute Gasteiger partial charge is 0.326 e. The maximum absolute atomic E-state index is 13.9. The van der Waals surface area contributed by atoms with Crippen molar-refractivity contribution in [2.24, 2.45) is 5.73 Å². The molecule has 1 aromatic carbocycles. The van der Waals surface area contributed by atoms with Crippen LogP contribution in [0.1, 0.15) is 31.4 Å². The van der Waals surface area contributed by atoms with Crippen LogP contribution in [0, 0.1) is 5.82 Å². The van der Waals surface area contributed by atoms with Crippen LogP contribution >= 0.6 is 0 Å². The fourth-order valence-corrected chi connectivity index (χ4v) is 2.55. The molecule has 2 rings (SSSR count). The van der Waals surface area contributed by atoms with Crippen molar-refractivity contribution in [1.29, 1.82) is 0 Å². The zero-order chi connectivity index (χ0) is 14.9. The standard InChI is InChI=1S/C14H18F4N2/c1-9(19)13(11-4-2-3-5-12(11)15)20(10-6-7-10)8-14(16,17)18/h2-5,9-10,13H,6-8,19H2,1H3. The van der Waals surface area contributed by atoms with Gasteiger partial charge in [-0.2, -0.15) is 13.2 Å². The van der Waals surface area contributed by atoms with Crippen molar-refractivity contribution >= 4 is 0 Å². The average molecular weight is 290 g/mol. The fraction of sp³-hybridized carbons (Fsp3) is 0.571. The molecule has 112 valence electrons. The van der Waals surface area contributed by atoms with E-state index in [2.05, 4.69) is 0 Å². The number of nitrogens with zero attached hydrogens (tertiary/aromatic N) is 1. The van der Waals surface area contributed by atoms with E-state index in [1.54, 1.807) is 13.0 Å². The number of alkyl halides is 3. The Morgan fingerprint density at radius 1 is 1.30 bits per heavy atom. The fourth-order valence-electron chi connectivity index (χ4n) is 2.55. The molecule has 0 radical (unpaired) electrons. The first-order valence-electron chi connectivity index (χ1n) is 6.62. The van der Waals surface area contributed by atoms with E-state index in [1.807, 2.05) is 0 Å². The normalized spacial score (nSPS) is 19.1. The molecule has 2 nitrogen and oxygen atoms in total. The summed E-state index contributed by atoms with van der Waals surface area (Å²) < 4.78 is 52.2. The molecule has 0 saturated heterocycles. The third-order valence-electron chi connectivity index (χ3n) is 3.46. The molecule has 0 aliphatic heterocycles. The quantitative estimate of drug-likeness (QED) is 0.844. The minimum atomic E-state index is -4.32. The third kappa shape index (κ3) is 3.70. The van der Waals surface area contributed by atoms with Crippen LogP contribution in [0.5, 0.6) is 0 Å². The van der Waals surface area contributed by atoms with E-state index >= 15 is 0 Å². The van der Waals surface area contributed by atoms with Gasteiger partial charge in [0, 0.05) is 17.6 Å². The minimum absolute atomic E-state index is 0.160. The number of benzene rings is 1. The van der Waals surface area contributed by atoms with E-state index in [4.69, 9.17) is 5.73 Å². The molecule has 0 aromatic heterocycles. The SMILES string of the molecule is CC(N)C(c1ccccc1F)N(CC(F)(F)F)C1CC1. The Labute approximate surface area is 115 Å². The summed E-state index contributed by atoms with van der Waals surface area (Å²) in [5.41, 5.74) is 6.08. The molecule has 1 saturated carbocycles. The van der Waals surface area contributed by atoms with Gasteiger partial charge in [0.1, 0.15) is 5.82 Å². The lowest BCUT2D eigenvalue weighted by Gasteiger charge is -2.35. The van der Waals surface area contributed by atoms with Gasteiger partial charge in [-0.15, -0.1) is 0 Å². The van der Waals surface area contributed by atoms with Gasteiger partial charge < -0.3 is 5.73 Å². The van der Waals surface area contributed by atoms with Crippen LogP contribution in [-0.2, 0) is 0 Å². The highest BCUT2D eigenvalue weighted by Gasteiger charge is 2.43. The third-order valence-corrected chi connectivity index (χ3v) is 3.46. The Hall–Kier alpha value is -1.14. The summed E-state index contributed by atoms with van der Waals surface area (Å²) in [5.74, 6) is -0.511. The summed E-state index contributed by atoms with van der Waals surface area (Å²) in [6, 6.07) is 4.39. The van der Waals surface area contributed by atoms with Crippen LogP contribution in [0.25, 0.3) is 0 Å². The molecule has 1 aliphatic rings. The van der Waals surface area contributed by atoms with Gasteiger partial charge in [0.05, 0.1) is 12.6 Å².